The fourth-order valence-corrected chi connectivity index (χ4v) is 1.90. The molecule has 0 saturated carbocycles. The van der Waals surface area contributed by atoms with E-state index in [0.717, 1.165) is 11.3 Å². The minimum absolute atomic E-state index is 0.239. The van der Waals surface area contributed by atoms with Crippen molar-refractivity contribution in [2.45, 2.75) is 12.9 Å². The highest BCUT2D eigenvalue weighted by Gasteiger charge is 2.30. The first kappa shape index (κ1) is 15.0. The SMILES string of the molecule is CN(Cc1ccc(OC(F)(F)F)cc1)c1ccncc1N. The number of nitrogen functional groups attached to an aromatic ring is 1. The Bertz CT molecular complexity index is 599. The fraction of sp³-hybridized carbons (Fsp3) is 0.214. The molecule has 2 aromatic rings. The third kappa shape index (κ3) is 4.27. The maximum Gasteiger partial charge on any atom is 0.573 e. The number of hydrogen-bond acceptors (Lipinski definition) is 4. The summed E-state index contributed by atoms with van der Waals surface area (Å²) in [6, 6.07) is 7.50. The van der Waals surface area contributed by atoms with E-state index >= 15 is 0 Å². The molecule has 0 atom stereocenters. The second-order valence-electron chi connectivity index (χ2n) is 4.48. The lowest BCUT2D eigenvalue weighted by Crippen LogP contribution is -2.18. The summed E-state index contributed by atoms with van der Waals surface area (Å²) in [5.74, 6) is -0.239. The number of pyridine rings is 1. The molecular formula is C14H14F3N3O. The molecule has 0 saturated heterocycles. The normalized spacial score (nSPS) is 11.2. The van der Waals surface area contributed by atoms with Crippen molar-refractivity contribution in [2.75, 3.05) is 17.7 Å². The predicted molar refractivity (Wildman–Crippen MR) is 73.9 cm³/mol. The summed E-state index contributed by atoms with van der Waals surface area (Å²) in [6.07, 6.45) is -1.50. The summed E-state index contributed by atoms with van der Waals surface area (Å²) >= 11 is 0. The molecule has 0 fully saturated rings. The van der Waals surface area contributed by atoms with Crippen LogP contribution >= 0.6 is 0 Å². The van der Waals surface area contributed by atoms with Gasteiger partial charge in [0.1, 0.15) is 5.75 Å². The van der Waals surface area contributed by atoms with E-state index in [9.17, 15) is 13.2 Å². The zero-order valence-corrected chi connectivity index (χ0v) is 11.3. The van der Waals surface area contributed by atoms with Gasteiger partial charge in [-0.3, -0.25) is 4.98 Å². The molecule has 0 aliphatic rings. The van der Waals surface area contributed by atoms with Gasteiger partial charge in [0.25, 0.3) is 0 Å². The van der Waals surface area contributed by atoms with Gasteiger partial charge in [0.15, 0.2) is 0 Å². The van der Waals surface area contributed by atoms with E-state index in [1.165, 1.54) is 12.1 Å². The lowest BCUT2D eigenvalue weighted by Gasteiger charge is -2.21. The fourth-order valence-electron chi connectivity index (χ4n) is 1.90. The topological polar surface area (TPSA) is 51.4 Å². The molecule has 0 amide bonds. The van der Waals surface area contributed by atoms with Crippen LogP contribution in [0.5, 0.6) is 5.75 Å². The summed E-state index contributed by atoms with van der Waals surface area (Å²) in [7, 11) is 1.84. The Hall–Kier alpha value is -2.44. The molecule has 7 heteroatoms. The van der Waals surface area contributed by atoms with Crippen molar-refractivity contribution in [1.82, 2.24) is 4.98 Å². The van der Waals surface area contributed by atoms with E-state index in [0.29, 0.717) is 12.2 Å². The number of halogens is 3. The number of nitrogens with two attached hydrogens (primary N) is 1. The van der Waals surface area contributed by atoms with Crippen molar-refractivity contribution >= 4 is 11.4 Å². The van der Waals surface area contributed by atoms with Crippen LogP contribution in [0.3, 0.4) is 0 Å². The first-order valence-corrected chi connectivity index (χ1v) is 6.10. The van der Waals surface area contributed by atoms with Crippen LogP contribution in [0.4, 0.5) is 24.5 Å². The Labute approximate surface area is 120 Å². The molecule has 1 aromatic heterocycles. The minimum atomic E-state index is -4.68. The maximum absolute atomic E-state index is 12.1. The average Bonchev–Trinajstić information content (AvgIpc) is 2.40. The molecule has 1 heterocycles. The first-order chi connectivity index (χ1) is 9.85. The zero-order chi connectivity index (χ0) is 15.5. The van der Waals surface area contributed by atoms with Crippen molar-refractivity contribution < 1.29 is 17.9 Å². The summed E-state index contributed by atoms with van der Waals surface area (Å²) < 4.78 is 40.0. The van der Waals surface area contributed by atoms with Crippen LogP contribution in [0.2, 0.25) is 0 Å². The van der Waals surface area contributed by atoms with Crippen molar-refractivity contribution in [3.63, 3.8) is 0 Å². The van der Waals surface area contributed by atoms with Gasteiger partial charge in [0, 0.05) is 19.8 Å². The Morgan fingerprint density at radius 1 is 1.19 bits per heavy atom. The van der Waals surface area contributed by atoms with Gasteiger partial charge in [-0.1, -0.05) is 12.1 Å². The first-order valence-electron chi connectivity index (χ1n) is 6.10. The van der Waals surface area contributed by atoms with E-state index < -0.39 is 6.36 Å². The number of alkyl halides is 3. The van der Waals surface area contributed by atoms with Gasteiger partial charge in [0.05, 0.1) is 17.6 Å². The molecule has 0 unspecified atom stereocenters. The number of nitrogens with zero attached hydrogens (tertiary/aromatic N) is 2. The Morgan fingerprint density at radius 2 is 1.86 bits per heavy atom. The summed E-state index contributed by atoms with van der Waals surface area (Å²) in [5.41, 5.74) is 8.00. The van der Waals surface area contributed by atoms with Crippen LogP contribution in [-0.2, 0) is 6.54 Å². The van der Waals surface area contributed by atoms with Crippen LogP contribution in [0.15, 0.2) is 42.7 Å². The molecule has 0 bridgehead atoms. The second-order valence-corrected chi connectivity index (χ2v) is 4.48. The molecule has 1 aromatic carbocycles. The van der Waals surface area contributed by atoms with Gasteiger partial charge in [-0.15, -0.1) is 13.2 Å². The highest BCUT2D eigenvalue weighted by molar-refractivity contribution is 5.65. The van der Waals surface area contributed by atoms with E-state index in [1.54, 1.807) is 30.6 Å². The number of benzene rings is 1. The van der Waals surface area contributed by atoms with E-state index in [-0.39, 0.29) is 5.75 Å². The van der Waals surface area contributed by atoms with Crippen molar-refractivity contribution in [3.05, 3.63) is 48.3 Å². The standard InChI is InChI=1S/C14H14F3N3O/c1-20(13-6-7-19-8-12(13)18)9-10-2-4-11(5-3-10)21-14(15,16)17/h2-8H,9,18H2,1H3. The largest absolute Gasteiger partial charge is 0.573 e. The number of anilines is 2. The third-order valence-corrected chi connectivity index (χ3v) is 2.82. The molecule has 2 rings (SSSR count). The average molecular weight is 297 g/mol. The van der Waals surface area contributed by atoms with Gasteiger partial charge < -0.3 is 15.4 Å². The van der Waals surface area contributed by atoms with Crippen LogP contribution in [0, 0.1) is 0 Å². The Kier molecular flexibility index (Phi) is 4.21. The van der Waals surface area contributed by atoms with Crippen molar-refractivity contribution in [2.24, 2.45) is 0 Å². The molecule has 21 heavy (non-hydrogen) atoms. The number of ether oxygens (including phenoxy) is 1. The highest BCUT2D eigenvalue weighted by Crippen LogP contribution is 2.25. The summed E-state index contributed by atoms with van der Waals surface area (Å²) in [6.45, 7) is 0.501. The van der Waals surface area contributed by atoms with Gasteiger partial charge in [-0.25, -0.2) is 0 Å². The van der Waals surface area contributed by atoms with Gasteiger partial charge in [-0.05, 0) is 23.8 Å². The third-order valence-electron chi connectivity index (χ3n) is 2.82. The molecule has 0 aliphatic heterocycles. The summed E-state index contributed by atoms with van der Waals surface area (Å²) in [4.78, 5) is 5.79. The number of rotatable bonds is 4. The highest BCUT2D eigenvalue weighted by atomic mass is 19.4. The van der Waals surface area contributed by atoms with E-state index in [4.69, 9.17) is 5.73 Å². The molecule has 112 valence electrons. The molecule has 4 nitrogen and oxygen atoms in total. The van der Waals surface area contributed by atoms with Crippen molar-refractivity contribution in [1.29, 1.82) is 0 Å². The molecule has 0 spiro atoms. The number of hydrogen-bond donors (Lipinski definition) is 1. The van der Waals surface area contributed by atoms with Crippen LogP contribution in [0.1, 0.15) is 5.56 Å². The van der Waals surface area contributed by atoms with Crippen molar-refractivity contribution in [3.8, 4) is 5.75 Å². The van der Waals surface area contributed by atoms with Crippen LogP contribution in [0.25, 0.3) is 0 Å². The van der Waals surface area contributed by atoms with Gasteiger partial charge >= 0.3 is 6.36 Å². The second kappa shape index (κ2) is 5.90. The van der Waals surface area contributed by atoms with E-state index in [2.05, 4.69) is 9.72 Å². The summed E-state index contributed by atoms with van der Waals surface area (Å²) in [5, 5.41) is 0. The number of aromatic nitrogens is 1. The monoisotopic (exact) mass is 297 g/mol. The van der Waals surface area contributed by atoms with E-state index in [1.807, 2.05) is 11.9 Å². The molecule has 0 aliphatic carbocycles. The van der Waals surface area contributed by atoms with Gasteiger partial charge in [0.2, 0.25) is 0 Å². The minimum Gasteiger partial charge on any atom is -0.406 e. The van der Waals surface area contributed by atoms with Crippen LogP contribution in [-0.4, -0.2) is 18.4 Å². The van der Waals surface area contributed by atoms with Gasteiger partial charge in [-0.2, -0.15) is 0 Å². The Balaban J connectivity index is 2.05. The quantitative estimate of drug-likeness (QED) is 0.941. The Morgan fingerprint density at radius 3 is 2.43 bits per heavy atom. The molecule has 2 N–H and O–H groups in total. The molecule has 0 radical (unpaired) electrons. The van der Waals surface area contributed by atoms with Crippen LogP contribution < -0.4 is 15.4 Å². The lowest BCUT2D eigenvalue weighted by atomic mass is 10.2. The predicted octanol–water partition coefficient (Wildman–Crippen LogP) is 3.20. The zero-order valence-electron chi connectivity index (χ0n) is 11.3. The molecular weight excluding hydrogens is 283 g/mol. The lowest BCUT2D eigenvalue weighted by molar-refractivity contribution is -0.274. The smallest absolute Gasteiger partial charge is 0.406 e. The maximum atomic E-state index is 12.1.